The van der Waals surface area contributed by atoms with Crippen LogP contribution in [0.4, 0.5) is 10.5 Å². The molecule has 1 heterocycles. The van der Waals surface area contributed by atoms with Crippen molar-refractivity contribution in [1.82, 2.24) is 4.90 Å². The first kappa shape index (κ1) is 31.0. The second-order valence-electron chi connectivity index (χ2n) is 9.84. The number of nitrogens with one attached hydrogen (secondary N) is 1. The Kier molecular flexibility index (Phi) is 10.5. The zero-order valence-corrected chi connectivity index (χ0v) is 25.5. The van der Waals surface area contributed by atoms with Crippen molar-refractivity contribution in [3.63, 3.8) is 0 Å². The first-order valence-corrected chi connectivity index (χ1v) is 14.8. The molecule has 0 unspecified atom stereocenters. The number of aryl methyl sites for hydroxylation is 1. The van der Waals surface area contributed by atoms with Gasteiger partial charge < -0.3 is 19.5 Å². The minimum atomic E-state index is -0.408. The summed E-state index contributed by atoms with van der Waals surface area (Å²) in [4.78, 5) is 39.6. The fourth-order valence-corrected chi connectivity index (χ4v) is 5.40. The number of thioether (sulfide) groups is 1. The van der Waals surface area contributed by atoms with E-state index in [1.54, 1.807) is 37.3 Å². The average molecular weight is 609 g/mol. The molecule has 0 saturated carbocycles. The number of carbonyl (C=O) groups excluding carboxylic acids is 3. The smallest absolute Gasteiger partial charge is 0.293 e. The van der Waals surface area contributed by atoms with Crippen LogP contribution in [0.1, 0.15) is 43.4 Å². The number of hydrogen-bond acceptors (Lipinski definition) is 7. The van der Waals surface area contributed by atoms with Gasteiger partial charge in [-0.3, -0.25) is 19.3 Å². The van der Waals surface area contributed by atoms with Gasteiger partial charge in [0.25, 0.3) is 17.1 Å². The number of nitrogens with zero attached hydrogens (tertiary/aromatic N) is 1. The lowest BCUT2D eigenvalue weighted by Crippen LogP contribution is -2.32. The highest BCUT2D eigenvalue weighted by atomic mass is 35.5. The third-order valence-corrected chi connectivity index (χ3v) is 7.46. The van der Waals surface area contributed by atoms with Crippen molar-refractivity contribution in [2.45, 2.75) is 33.6 Å². The topological polar surface area (TPSA) is 94.2 Å². The number of halogens is 1. The molecule has 1 aliphatic heterocycles. The maximum Gasteiger partial charge on any atom is 0.293 e. The third kappa shape index (κ3) is 7.86. The molecular formula is C32H33ClN2O6S. The maximum atomic E-state index is 13.1. The molecule has 0 aliphatic carbocycles. The summed E-state index contributed by atoms with van der Waals surface area (Å²) in [6.07, 6.45) is 1.59. The van der Waals surface area contributed by atoms with Gasteiger partial charge in [-0.2, -0.15) is 0 Å². The minimum absolute atomic E-state index is 0.121. The number of carbonyl (C=O) groups is 3. The van der Waals surface area contributed by atoms with E-state index in [4.69, 9.17) is 25.8 Å². The summed E-state index contributed by atoms with van der Waals surface area (Å²) in [6.45, 7) is 8.31. The van der Waals surface area contributed by atoms with Crippen molar-refractivity contribution >= 4 is 52.2 Å². The fraction of sp³-hybridized carbons (Fsp3) is 0.281. The van der Waals surface area contributed by atoms with Gasteiger partial charge in [-0.05, 0) is 84.6 Å². The van der Waals surface area contributed by atoms with Gasteiger partial charge in [0.1, 0.15) is 12.4 Å². The molecule has 1 saturated heterocycles. The number of anilines is 1. The normalized spacial score (nSPS) is 14.0. The van der Waals surface area contributed by atoms with Crippen molar-refractivity contribution in [2.24, 2.45) is 0 Å². The molecule has 1 N–H and O–H groups in total. The summed E-state index contributed by atoms with van der Waals surface area (Å²) >= 11 is 7.37. The van der Waals surface area contributed by atoms with Gasteiger partial charge in [0.2, 0.25) is 0 Å². The molecule has 0 aromatic heterocycles. The lowest BCUT2D eigenvalue weighted by Gasteiger charge is -2.17. The molecule has 0 atom stereocenters. The summed E-state index contributed by atoms with van der Waals surface area (Å²) in [5.41, 5.74) is 3.34. The Morgan fingerprint density at radius 3 is 2.50 bits per heavy atom. The highest BCUT2D eigenvalue weighted by molar-refractivity contribution is 8.18. The number of imide groups is 1. The van der Waals surface area contributed by atoms with Gasteiger partial charge >= 0.3 is 0 Å². The van der Waals surface area contributed by atoms with Gasteiger partial charge in [0.05, 0.1) is 23.1 Å². The highest BCUT2D eigenvalue weighted by Crippen LogP contribution is 2.39. The predicted octanol–water partition coefficient (Wildman–Crippen LogP) is 7.30. The number of rotatable bonds is 12. The molecule has 0 bridgehead atoms. The van der Waals surface area contributed by atoms with E-state index >= 15 is 0 Å². The van der Waals surface area contributed by atoms with E-state index in [0.717, 1.165) is 28.6 Å². The second-order valence-corrected chi connectivity index (χ2v) is 11.2. The van der Waals surface area contributed by atoms with Crippen LogP contribution in [0.5, 0.6) is 17.2 Å². The van der Waals surface area contributed by atoms with Gasteiger partial charge in [-0.15, -0.1) is 0 Å². The highest BCUT2D eigenvalue weighted by Gasteiger charge is 2.35. The maximum absolute atomic E-state index is 13.1. The van der Waals surface area contributed by atoms with Crippen molar-refractivity contribution in [3.8, 4) is 17.2 Å². The zero-order chi connectivity index (χ0) is 30.2. The summed E-state index contributed by atoms with van der Waals surface area (Å²) in [5.74, 6) is 0.789. The van der Waals surface area contributed by atoms with E-state index in [-0.39, 0.29) is 52.5 Å². The van der Waals surface area contributed by atoms with E-state index in [0.29, 0.717) is 23.6 Å². The molecule has 42 heavy (non-hydrogen) atoms. The number of amides is 3. The van der Waals surface area contributed by atoms with Crippen LogP contribution in [0.25, 0.3) is 6.08 Å². The summed E-state index contributed by atoms with van der Waals surface area (Å²) in [5, 5.41) is 2.58. The fourth-order valence-electron chi connectivity index (χ4n) is 4.27. The summed E-state index contributed by atoms with van der Waals surface area (Å²) < 4.78 is 17.4. The van der Waals surface area contributed by atoms with Crippen LogP contribution in [0.2, 0.25) is 5.02 Å². The average Bonchev–Trinajstić information content (AvgIpc) is 3.20. The van der Waals surface area contributed by atoms with Crippen molar-refractivity contribution in [1.29, 1.82) is 0 Å². The number of para-hydroxylation sites is 1. The van der Waals surface area contributed by atoms with Gasteiger partial charge in [-0.25, -0.2) is 0 Å². The van der Waals surface area contributed by atoms with Crippen LogP contribution < -0.4 is 19.5 Å². The quantitative estimate of drug-likeness (QED) is 0.216. The summed E-state index contributed by atoms with van der Waals surface area (Å²) in [7, 11) is 0. The largest absolute Gasteiger partial charge is 0.491 e. The minimum Gasteiger partial charge on any atom is -0.491 e. The van der Waals surface area contributed by atoms with Gasteiger partial charge in [0.15, 0.2) is 18.1 Å². The number of benzene rings is 3. The van der Waals surface area contributed by atoms with Crippen LogP contribution in [-0.4, -0.2) is 48.3 Å². The first-order chi connectivity index (χ1) is 20.2. The van der Waals surface area contributed by atoms with Gasteiger partial charge in [0, 0.05) is 5.69 Å². The molecule has 0 spiro atoms. The molecule has 0 radical (unpaired) electrons. The Balaban J connectivity index is 1.43. The monoisotopic (exact) mass is 608 g/mol. The predicted molar refractivity (Wildman–Crippen MR) is 167 cm³/mol. The number of hydrogen-bond donors (Lipinski definition) is 1. The lowest BCUT2D eigenvalue weighted by molar-refractivity contribution is -0.123. The molecule has 220 valence electrons. The Morgan fingerprint density at radius 2 is 1.79 bits per heavy atom. The first-order valence-electron chi connectivity index (χ1n) is 13.6. The Bertz CT molecular complexity index is 1490. The van der Waals surface area contributed by atoms with Crippen LogP contribution in [0.3, 0.4) is 0 Å². The second kappa shape index (κ2) is 14.3. The zero-order valence-electron chi connectivity index (χ0n) is 23.9. The van der Waals surface area contributed by atoms with Crippen molar-refractivity contribution in [3.05, 3.63) is 87.3 Å². The molecular weight excluding hydrogens is 576 g/mol. The lowest BCUT2D eigenvalue weighted by atomic mass is 10.0. The van der Waals surface area contributed by atoms with E-state index in [1.165, 1.54) is 4.90 Å². The SMILES string of the molecule is CCOc1cc(/C=C2\SC(=O)N(CCOc3cc(C)ccc3C(C)C)C2=O)cc(Cl)c1OCC(=O)Nc1ccccc1. The Morgan fingerprint density at radius 1 is 1.02 bits per heavy atom. The Labute approximate surface area is 255 Å². The van der Waals surface area contributed by atoms with E-state index in [9.17, 15) is 14.4 Å². The number of ether oxygens (including phenoxy) is 3. The van der Waals surface area contributed by atoms with Crippen LogP contribution >= 0.6 is 23.4 Å². The summed E-state index contributed by atoms with van der Waals surface area (Å²) in [6, 6.07) is 18.3. The third-order valence-electron chi connectivity index (χ3n) is 6.27. The van der Waals surface area contributed by atoms with E-state index < -0.39 is 5.91 Å². The molecule has 3 amide bonds. The molecule has 3 aromatic rings. The van der Waals surface area contributed by atoms with Crippen LogP contribution in [0.15, 0.2) is 65.6 Å². The van der Waals surface area contributed by atoms with E-state index in [2.05, 4.69) is 19.2 Å². The molecule has 8 nitrogen and oxygen atoms in total. The van der Waals surface area contributed by atoms with Crippen LogP contribution in [-0.2, 0) is 9.59 Å². The standard InChI is InChI=1S/C32H33ClN2O6S/c1-5-39-27-17-22(16-25(33)30(27)41-19-29(36)34-23-9-7-6-8-10-23)18-28-31(37)35(32(38)42-28)13-14-40-26-15-21(4)11-12-24(26)20(2)3/h6-12,15-18,20H,5,13-14,19H2,1-4H3,(H,34,36)/b28-18-. The molecule has 3 aromatic carbocycles. The van der Waals surface area contributed by atoms with Crippen molar-refractivity contribution in [2.75, 3.05) is 31.7 Å². The van der Waals surface area contributed by atoms with Crippen LogP contribution in [0, 0.1) is 6.92 Å². The van der Waals surface area contributed by atoms with E-state index in [1.807, 2.05) is 43.3 Å². The van der Waals surface area contributed by atoms with Crippen molar-refractivity contribution < 1.29 is 28.6 Å². The van der Waals surface area contributed by atoms with Gasteiger partial charge in [-0.1, -0.05) is 55.8 Å². The molecule has 4 rings (SSSR count). The molecule has 1 fully saturated rings. The Hall–Kier alpha value is -3.95. The molecule has 10 heteroatoms. The molecule has 1 aliphatic rings.